The molecule has 1 aliphatic carbocycles. The van der Waals surface area contributed by atoms with Gasteiger partial charge in [-0.1, -0.05) is 12.1 Å². The molecule has 1 fully saturated rings. The Kier molecular flexibility index (Phi) is 4.63. The predicted octanol–water partition coefficient (Wildman–Crippen LogP) is 3.11. The van der Waals surface area contributed by atoms with Crippen LogP contribution in [0.5, 0.6) is 0 Å². The second-order valence-corrected chi connectivity index (χ2v) is 6.35. The first-order chi connectivity index (χ1) is 9.60. The summed E-state index contributed by atoms with van der Waals surface area (Å²) < 4.78 is 0. The third-order valence-electron chi connectivity index (χ3n) is 3.75. The molecule has 2 unspecified atom stereocenters. The van der Waals surface area contributed by atoms with Gasteiger partial charge < -0.3 is 5.32 Å². The van der Waals surface area contributed by atoms with Gasteiger partial charge in [-0.2, -0.15) is 5.26 Å². The molecular formula is C14H17N3O2S. The fourth-order valence-corrected chi connectivity index (χ4v) is 4.03. The van der Waals surface area contributed by atoms with Crippen LogP contribution in [0, 0.1) is 21.4 Å². The highest BCUT2D eigenvalue weighted by Gasteiger charge is 2.36. The first-order valence-corrected chi connectivity index (χ1v) is 7.48. The van der Waals surface area contributed by atoms with E-state index in [1.165, 1.54) is 17.8 Å². The van der Waals surface area contributed by atoms with Crippen molar-refractivity contribution in [2.45, 2.75) is 41.4 Å². The highest BCUT2D eigenvalue weighted by atomic mass is 32.2. The minimum absolute atomic E-state index is 0.148. The molecule has 1 saturated carbocycles. The molecule has 1 aromatic rings. The largest absolute Gasteiger partial charge is 0.302 e. The van der Waals surface area contributed by atoms with E-state index >= 15 is 0 Å². The fourth-order valence-electron chi connectivity index (χ4n) is 2.60. The van der Waals surface area contributed by atoms with Crippen LogP contribution in [0.15, 0.2) is 29.2 Å². The summed E-state index contributed by atoms with van der Waals surface area (Å²) in [5.41, 5.74) is -0.338. The van der Waals surface area contributed by atoms with Crippen molar-refractivity contribution in [3.8, 4) is 6.07 Å². The first-order valence-electron chi connectivity index (χ1n) is 6.60. The van der Waals surface area contributed by atoms with Crippen LogP contribution in [0.1, 0.15) is 25.7 Å². The molecule has 0 amide bonds. The van der Waals surface area contributed by atoms with E-state index in [0.29, 0.717) is 4.90 Å². The van der Waals surface area contributed by atoms with Crippen LogP contribution >= 0.6 is 11.8 Å². The lowest BCUT2D eigenvalue weighted by molar-refractivity contribution is -0.387. The van der Waals surface area contributed by atoms with Gasteiger partial charge >= 0.3 is 0 Å². The van der Waals surface area contributed by atoms with E-state index in [-0.39, 0.29) is 15.9 Å². The molecule has 0 heterocycles. The number of hydrogen-bond donors (Lipinski definition) is 1. The summed E-state index contributed by atoms with van der Waals surface area (Å²) in [4.78, 5) is 11.4. The smallest absolute Gasteiger partial charge is 0.282 e. The Morgan fingerprint density at radius 3 is 2.95 bits per heavy atom. The number of hydrogen-bond acceptors (Lipinski definition) is 5. The molecule has 0 aromatic heterocycles. The van der Waals surface area contributed by atoms with Gasteiger partial charge in [0.25, 0.3) is 5.69 Å². The standard InChI is InChI=1S/C14H17N3O2S/c1-16-14(10-15)8-4-5-11(9-14)20-13-7-3-2-6-12(13)17(18)19/h2-3,6-7,11,16H,4-5,8-9H2,1H3. The van der Waals surface area contributed by atoms with Crippen molar-refractivity contribution in [2.75, 3.05) is 7.05 Å². The Balaban J connectivity index is 2.15. The second-order valence-electron chi connectivity index (χ2n) is 5.00. The van der Waals surface area contributed by atoms with Gasteiger partial charge in [0.05, 0.1) is 15.9 Å². The van der Waals surface area contributed by atoms with Crippen LogP contribution in [0.3, 0.4) is 0 Å². The van der Waals surface area contributed by atoms with E-state index in [1.807, 2.05) is 6.07 Å². The summed E-state index contributed by atoms with van der Waals surface area (Å²) >= 11 is 1.52. The van der Waals surface area contributed by atoms with E-state index in [4.69, 9.17) is 0 Å². The molecule has 0 bridgehead atoms. The number of nitrogens with one attached hydrogen (secondary N) is 1. The molecule has 0 aliphatic heterocycles. The minimum atomic E-state index is -0.487. The van der Waals surface area contributed by atoms with Gasteiger partial charge in [0, 0.05) is 11.3 Å². The zero-order valence-corrected chi connectivity index (χ0v) is 12.2. The lowest BCUT2D eigenvalue weighted by atomic mass is 9.83. The molecule has 5 nitrogen and oxygen atoms in total. The van der Waals surface area contributed by atoms with Gasteiger partial charge in [-0.05, 0) is 38.8 Å². The van der Waals surface area contributed by atoms with E-state index in [2.05, 4.69) is 11.4 Å². The summed E-state index contributed by atoms with van der Waals surface area (Å²) in [6.07, 6.45) is 3.51. The first kappa shape index (κ1) is 14.8. The third kappa shape index (κ3) is 3.11. The van der Waals surface area contributed by atoms with E-state index in [9.17, 15) is 15.4 Å². The van der Waals surface area contributed by atoms with Gasteiger partial charge in [-0.25, -0.2) is 0 Å². The number of rotatable bonds is 4. The van der Waals surface area contributed by atoms with Crippen molar-refractivity contribution < 1.29 is 4.92 Å². The van der Waals surface area contributed by atoms with Crippen molar-refractivity contribution in [1.82, 2.24) is 5.32 Å². The molecule has 2 rings (SSSR count). The van der Waals surface area contributed by atoms with Crippen LogP contribution in [-0.2, 0) is 0 Å². The summed E-state index contributed by atoms with van der Waals surface area (Å²) in [6, 6.07) is 9.16. The molecule has 106 valence electrons. The van der Waals surface area contributed by atoms with Crippen LogP contribution < -0.4 is 5.32 Å². The molecule has 0 spiro atoms. The highest BCUT2D eigenvalue weighted by Crippen LogP contribution is 2.40. The SMILES string of the molecule is CNC1(C#N)CCCC(Sc2ccccc2[N+](=O)[O-])C1. The third-order valence-corrected chi connectivity index (χ3v) is 5.09. The van der Waals surface area contributed by atoms with Gasteiger partial charge in [0.2, 0.25) is 0 Å². The molecule has 6 heteroatoms. The molecule has 2 atom stereocenters. The van der Waals surface area contributed by atoms with Crippen molar-refractivity contribution in [1.29, 1.82) is 5.26 Å². The van der Waals surface area contributed by atoms with Gasteiger partial charge in [-0.3, -0.25) is 10.1 Å². The average molecular weight is 291 g/mol. The fraction of sp³-hybridized carbons (Fsp3) is 0.500. The zero-order chi connectivity index (χ0) is 14.6. The Labute approximate surface area is 122 Å². The highest BCUT2D eigenvalue weighted by molar-refractivity contribution is 8.00. The maximum absolute atomic E-state index is 11.0. The number of thioether (sulfide) groups is 1. The maximum atomic E-state index is 11.0. The maximum Gasteiger partial charge on any atom is 0.282 e. The molecule has 0 radical (unpaired) electrons. The van der Waals surface area contributed by atoms with E-state index < -0.39 is 5.54 Å². The number of nitro benzene ring substituents is 1. The van der Waals surface area contributed by atoms with Crippen LogP contribution in [0.4, 0.5) is 5.69 Å². The van der Waals surface area contributed by atoms with Gasteiger partial charge in [0.15, 0.2) is 0 Å². The zero-order valence-electron chi connectivity index (χ0n) is 11.3. The Morgan fingerprint density at radius 2 is 2.30 bits per heavy atom. The molecule has 20 heavy (non-hydrogen) atoms. The molecule has 0 saturated heterocycles. The second kappa shape index (κ2) is 6.25. The normalized spacial score (nSPS) is 25.9. The van der Waals surface area contributed by atoms with Gasteiger partial charge in [-0.15, -0.1) is 11.8 Å². The molecule has 1 aliphatic rings. The Morgan fingerprint density at radius 1 is 1.55 bits per heavy atom. The predicted molar refractivity (Wildman–Crippen MR) is 78.6 cm³/mol. The summed E-state index contributed by atoms with van der Waals surface area (Å²) in [5.74, 6) is 0. The number of para-hydroxylation sites is 1. The van der Waals surface area contributed by atoms with Crippen LogP contribution in [0.25, 0.3) is 0 Å². The number of nitrogens with zero attached hydrogens (tertiary/aromatic N) is 2. The van der Waals surface area contributed by atoms with Crippen molar-refractivity contribution in [3.63, 3.8) is 0 Å². The van der Waals surface area contributed by atoms with Crippen LogP contribution in [0.2, 0.25) is 0 Å². The number of nitriles is 1. The number of nitro groups is 1. The quantitative estimate of drug-likeness (QED) is 0.681. The van der Waals surface area contributed by atoms with E-state index in [1.54, 1.807) is 19.2 Å². The molecule has 1 aromatic carbocycles. The lowest BCUT2D eigenvalue weighted by Crippen LogP contribution is -2.46. The van der Waals surface area contributed by atoms with Crippen molar-refractivity contribution >= 4 is 17.4 Å². The topological polar surface area (TPSA) is 79.0 Å². The van der Waals surface area contributed by atoms with Crippen molar-refractivity contribution in [2.24, 2.45) is 0 Å². The Bertz CT molecular complexity index is 543. The summed E-state index contributed by atoms with van der Waals surface area (Å²) in [5, 5.41) is 23.7. The average Bonchev–Trinajstić information content (AvgIpc) is 2.47. The molecule has 1 N–H and O–H groups in total. The van der Waals surface area contributed by atoms with Crippen LogP contribution in [-0.4, -0.2) is 22.8 Å². The minimum Gasteiger partial charge on any atom is -0.302 e. The summed E-state index contributed by atoms with van der Waals surface area (Å²) in [7, 11) is 1.81. The van der Waals surface area contributed by atoms with E-state index in [0.717, 1.165) is 25.7 Å². The monoisotopic (exact) mass is 291 g/mol. The Hall–Kier alpha value is -1.58. The lowest BCUT2D eigenvalue weighted by Gasteiger charge is -2.35. The summed E-state index contributed by atoms with van der Waals surface area (Å²) in [6.45, 7) is 0. The van der Waals surface area contributed by atoms with Gasteiger partial charge in [0.1, 0.15) is 5.54 Å². The number of benzene rings is 1. The molecular weight excluding hydrogens is 274 g/mol. The van der Waals surface area contributed by atoms with Crippen molar-refractivity contribution in [3.05, 3.63) is 34.4 Å².